The molecule has 1 heterocycles. The molecule has 1 aromatic heterocycles. The van der Waals surface area contributed by atoms with E-state index in [1.165, 1.54) is 23.5 Å². The third kappa shape index (κ3) is 3.44. The Balaban J connectivity index is 2.10. The molecule has 0 unspecified atom stereocenters. The minimum atomic E-state index is -4.34. The highest BCUT2D eigenvalue weighted by Crippen LogP contribution is 2.29. The van der Waals surface area contributed by atoms with Gasteiger partial charge < -0.3 is 0 Å². The molecule has 19 heavy (non-hydrogen) atoms. The lowest BCUT2D eigenvalue weighted by Crippen LogP contribution is -2.06. The van der Waals surface area contributed by atoms with Gasteiger partial charge in [0.25, 0.3) is 0 Å². The molecular weight excluding hydrogens is 273 g/mol. The summed E-state index contributed by atoms with van der Waals surface area (Å²) >= 11 is 1.48. The summed E-state index contributed by atoms with van der Waals surface area (Å²) in [6, 6.07) is 6.49. The van der Waals surface area contributed by atoms with E-state index in [2.05, 4.69) is 0 Å². The number of ketones is 1. The van der Waals surface area contributed by atoms with Crippen LogP contribution in [0.25, 0.3) is 0 Å². The summed E-state index contributed by atoms with van der Waals surface area (Å²) in [5.74, 6) is -0.0795. The van der Waals surface area contributed by atoms with Gasteiger partial charge in [0.15, 0.2) is 5.78 Å². The van der Waals surface area contributed by atoms with E-state index in [4.69, 9.17) is 0 Å². The second-order valence-electron chi connectivity index (χ2n) is 4.24. The first-order chi connectivity index (χ1) is 8.86. The number of hydrogen-bond donors (Lipinski definition) is 0. The van der Waals surface area contributed by atoms with E-state index >= 15 is 0 Å². The van der Waals surface area contributed by atoms with Gasteiger partial charge >= 0.3 is 6.18 Å². The largest absolute Gasteiger partial charge is 0.416 e. The summed E-state index contributed by atoms with van der Waals surface area (Å²) in [4.78, 5) is 12.9. The minimum Gasteiger partial charge on any atom is -0.294 e. The predicted octanol–water partition coefficient (Wildman–Crippen LogP) is 4.50. The molecule has 0 saturated heterocycles. The highest BCUT2D eigenvalue weighted by Gasteiger charge is 2.29. The van der Waals surface area contributed by atoms with Crippen molar-refractivity contribution in [2.75, 3.05) is 0 Å². The zero-order chi connectivity index (χ0) is 14.0. The SMILES string of the molecule is Cc1cc(C(=O)Cc2ccc(C(F)(F)F)cc2)cs1. The lowest BCUT2D eigenvalue weighted by Gasteiger charge is -2.07. The summed E-state index contributed by atoms with van der Waals surface area (Å²) < 4.78 is 37.2. The number of aryl methyl sites for hydroxylation is 1. The first-order valence-corrected chi connectivity index (χ1v) is 6.49. The average molecular weight is 284 g/mol. The van der Waals surface area contributed by atoms with Crippen LogP contribution < -0.4 is 0 Å². The molecule has 0 amide bonds. The molecule has 1 nitrogen and oxygen atoms in total. The van der Waals surface area contributed by atoms with Crippen molar-refractivity contribution in [3.63, 3.8) is 0 Å². The maximum atomic E-state index is 12.4. The molecule has 0 aliphatic rings. The van der Waals surface area contributed by atoms with Gasteiger partial charge in [-0.25, -0.2) is 0 Å². The molecule has 0 N–H and O–H groups in total. The molecule has 2 aromatic rings. The molecule has 5 heteroatoms. The van der Waals surface area contributed by atoms with Gasteiger partial charge in [0, 0.05) is 22.2 Å². The third-order valence-electron chi connectivity index (χ3n) is 2.70. The maximum Gasteiger partial charge on any atom is 0.416 e. The first-order valence-electron chi connectivity index (χ1n) is 5.61. The Bertz CT molecular complexity index is 581. The average Bonchev–Trinajstić information content (AvgIpc) is 2.75. The molecule has 2 rings (SSSR count). The fraction of sp³-hybridized carbons (Fsp3) is 0.214. The van der Waals surface area contributed by atoms with Gasteiger partial charge in [-0.1, -0.05) is 12.1 Å². The van der Waals surface area contributed by atoms with Crippen molar-refractivity contribution in [1.29, 1.82) is 0 Å². The lowest BCUT2D eigenvalue weighted by atomic mass is 10.0. The van der Waals surface area contributed by atoms with Crippen LogP contribution in [0, 0.1) is 6.92 Å². The van der Waals surface area contributed by atoms with E-state index in [1.54, 1.807) is 11.4 Å². The number of thiophene rings is 1. The van der Waals surface area contributed by atoms with Gasteiger partial charge in [-0.05, 0) is 30.7 Å². The van der Waals surface area contributed by atoms with Gasteiger partial charge in [0.2, 0.25) is 0 Å². The number of halogens is 3. The van der Waals surface area contributed by atoms with Gasteiger partial charge in [0.1, 0.15) is 0 Å². The van der Waals surface area contributed by atoms with Crippen LogP contribution >= 0.6 is 11.3 Å². The summed E-state index contributed by atoms with van der Waals surface area (Å²) in [7, 11) is 0. The van der Waals surface area contributed by atoms with Crippen LogP contribution in [0.2, 0.25) is 0 Å². The second kappa shape index (κ2) is 5.17. The molecule has 0 atom stereocenters. The second-order valence-corrected chi connectivity index (χ2v) is 5.36. The molecular formula is C14H11F3OS. The fourth-order valence-electron chi connectivity index (χ4n) is 1.69. The van der Waals surface area contributed by atoms with E-state index in [-0.39, 0.29) is 12.2 Å². The highest BCUT2D eigenvalue weighted by atomic mass is 32.1. The van der Waals surface area contributed by atoms with Gasteiger partial charge in [-0.3, -0.25) is 4.79 Å². The zero-order valence-corrected chi connectivity index (χ0v) is 10.9. The quantitative estimate of drug-likeness (QED) is 0.758. The Kier molecular flexibility index (Phi) is 3.75. The smallest absolute Gasteiger partial charge is 0.294 e. The van der Waals surface area contributed by atoms with Crippen LogP contribution in [0.3, 0.4) is 0 Å². The molecule has 100 valence electrons. The number of benzene rings is 1. The number of carbonyl (C=O) groups excluding carboxylic acids is 1. The van der Waals surface area contributed by atoms with Crippen molar-refractivity contribution >= 4 is 17.1 Å². The first kappa shape index (κ1) is 13.8. The maximum absolute atomic E-state index is 12.4. The summed E-state index contributed by atoms with van der Waals surface area (Å²) in [6.07, 6.45) is -4.22. The van der Waals surface area contributed by atoms with Crippen molar-refractivity contribution in [3.8, 4) is 0 Å². The Labute approximate surface area is 112 Å². The van der Waals surface area contributed by atoms with E-state index in [1.807, 2.05) is 6.92 Å². The van der Waals surface area contributed by atoms with Crippen molar-refractivity contribution in [1.82, 2.24) is 0 Å². The Hall–Kier alpha value is -1.62. The molecule has 0 aliphatic carbocycles. The molecule has 0 aliphatic heterocycles. The molecule has 0 radical (unpaired) electrons. The molecule has 0 bridgehead atoms. The Morgan fingerprint density at radius 1 is 1.21 bits per heavy atom. The van der Waals surface area contributed by atoms with E-state index < -0.39 is 11.7 Å². The summed E-state index contributed by atoms with van der Waals surface area (Å²) in [5, 5.41) is 1.77. The summed E-state index contributed by atoms with van der Waals surface area (Å²) in [5.41, 5.74) is 0.499. The zero-order valence-electron chi connectivity index (χ0n) is 10.1. The molecule has 1 aromatic carbocycles. The molecule has 0 fully saturated rings. The summed E-state index contributed by atoms with van der Waals surface area (Å²) in [6.45, 7) is 1.90. The van der Waals surface area contributed by atoms with E-state index in [0.717, 1.165) is 17.0 Å². The van der Waals surface area contributed by atoms with Gasteiger partial charge in [0.05, 0.1) is 5.56 Å². The topological polar surface area (TPSA) is 17.1 Å². The van der Waals surface area contributed by atoms with Crippen LogP contribution in [-0.4, -0.2) is 5.78 Å². The Morgan fingerprint density at radius 3 is 2.32 bits per heavy atom. The van der Waals surface area contributed by atoms with Crippen LogP contribution in [0.1, 0.15) is 26.4 Å². The van der Waals surface area contributed by atoms with E-state index in [0.29, 0.717) is 11.1 Å². The van der Waals surface area contributed by atoms with Crippen molar-refractivity contribution in [2.24, 2.45) is 0 Å². The normalized spacial score (nSPS) is 11.6. The van der Waals surface area contributed by atoms with Crippen LogP contribution in [-0.2, 0) is 12.6 Å². The third-order valence-corrected chi connectivity index (χ3v) is 3.56. The van der Waals surface area contributed by atoms with Gasteiger partial charge in [-0.2, -0.15) is 13.2 Å². The fourth-order valence-corrected chi connectivity index (χ4v) is 2.40. The number of rotatable bonds is 3. The minimum absolute atomic E-state index is 0.0795. The number of alkyl halides is 3. The number of Topliss-reactive ketones (excluding diaryl/α,β-unsaturated/α-hetero) is 1. The van der Waals surface area contributed by atoms with Crippen molar-refractivity contribution in [3.05, 3.63) is 57.3 Å². The number of carbonyl (C=O) groups is 1. The molecule has 0 spiro atoms. The lowest BCUT2D eigenvalue weighted by molar-refractivity contribution is -0.137. The van der Waals surface area contributed by atoms with Crippen LogP contribution in [0.15, 0.2) is 35.7 Å². The van der Waals surface area contributed by atoms with Crippen molar-refractivity contribution in [2.45, 2.75) is 19.5 Å². The van der Waals surface area contributed by atoms with Crippen LogP contribution in [0.5, 0.6) is 0 Å². The van der Waals surface area contributed by atoms with E-state index in [9.17, 15) is 18.0 Å². The number of hydrogen-bond acceptors (Lipinski definition) is 2. The van der Waals surface area contributed by atoms with Crippen molar-refractivity contribution < 1.29 is 18.0 Å². The standard InChI is InChI=1S/C14H11F3OS/c1-9-6-11(8-19-9)13(18)7-10-2-4-12(5-3-10)14(15,16)17/h2-6,8H,7H2,1H3. The predicted molar refractivity (Wildman–Crippen MR) is 68.5 cm³/mol. The molecule has 0 saturated carbocycles. The monoisotopic (exact) mass is 284 g/mol. The Morgan fingerprint density at radius 2 is 1.84 bits per heavy atom. The van der Waals surface area contributed by atoms with Gasteiger partial charge in [-0.15, -0.1) is 11.3 Å². The highest BCUT2D eigenvalue weighted by molar-refractivity contribution is 7.10. The van der Waals surface area contributed by atoms with Crippen LogP contribution in [0.4, 0.5) is 13.2 Å².